The fraction of sp³-hybridized carbons (Fsp3) is 0.368. The minimum Gasteiger partial charge on any atom is -0.388 e. The zero-order valence-corrected chi connectivity index (χ0v) is 16.6. The quantitative estimate of drug-likeness (QED) is 0.672. The van der Waals surface area contributed by atoms with Gasteiger partial charge in [-0.2, -0.15) is 4.98 Å². The van der Waals surface area contributed by atoms with E-state index in [1.165, 1.54) is 10.8 Å². The van der Waals surface area contributed by atoms with E-state index in [-0.39, 0.29) is 18.4 Å². The SMILES string of the molecule is Cc1cn(C)c(=O)n(Cc2nc(CC(C)[C@H](O)c3ccc(Cl)cc3)no2)c1=O. The molecule has 0 bridgehead atoms. The van der Waals surface area contributed by atoms with Gasteiger partial charge in [0.15, 0.2) is 5.82 Å². The summed E-state index contributed by atoms with van der Waals surface area (Å²) in [6.45, 7) is 3.40. The standard InChI is InChI=1S/C19H21ClN4O4/c1-11(17(25)13-4-6-14(20)7-5-13)8-15-21-16(28-22-15)10-24-18(26)12(2)9-23(3)19(24)27/h4-7,9,11,17,25H,8,10H2,1-3H3/t11?,17-/m0/s1. The molecule has 0 saturated heterocycles. The van der Waals surface area contributed by atoms with Gasteiger partial charge in [-0.1, -0.05) is 35.8 Å². The lowest BCUT2D eigenvalue weighted by molar-refractivity contribution is 0.116. The van der Waals surface area contributed by atoms with Gasteiger partial charge >= 0.3 is 5.69 Å². The van der Waals surface area contributed by atoms with Crippen molar-refractivity contribution in [1.29, 1.82) is 0 Å². The molecule has 0 aliphatic carbocycles. The first kappa shape index (κ1) is 20.0. The Bertz CT molecular complexity index is 1050. The molecule has 0 aliphatic rings. The third kappa shape index (κ3) is 4.23. The fourth-order valence-electron chi connectivity index (χ4n) is 2.99. The Balaban J connectivity index is 1.73. The van der Waals surface area contributed by atoms with Crippen molar-refractivity contribution in [2.75, 3.05) is 0 Å². The van der Waals surface area contributed by atoms with E-state index in [1.807, 2.05) is 6.92 Å². The van der Waals surface area contributed by atoms with Gasteiger partial charge in [-0.15, -0.1) is 0 Å². The van der Waals surface area contributed by atoms with Crippen LogP contribution in [-0.2, 0) is 20.0 Å². The number of aromatic nitrogens is 4. The molecule has 0 fully saturated rings. The van der Waals surface area contributed by atoms with Crippen molar-refractivity contribution in [2.45, 2.75) is 32.9 Å². The number of aliphatic hydroxyl groups is 1. The summed E-state index contributed by atoms with van der Waals surface area (Å²) in [7, 11) is 1.57. The Morgan fingerprint density at radius 1 is 1.25 bits per heavy atom. The molecule has 9 heteroatoms. The van der Waals surface area contributed by atoms with Gasteiger partial charge in [0.05, 0.1) is 6.10 Å². The molecule has 1 unspecified atom stereocenters. The van der Waals surface area contributed by atoms with Crippen molar-refractivity contribution in [3.63, 3.8) is 0 Å². The van der Waals surface area contributed by atoms with E-state index in [1.54, 1.807) is 38.2 Å². The first-order valence-corrected chi connectivity index (χ1v) is 9.16. The van der Waals surface area contributed by atoms with Crippen molar-refractivity contribution in [3.8, 4) is 0 Å². The lowest BCUT2D eigenvalue weighted by Gasteiger charge is -2.17. The first-order chi connectivity index (χ1) is 13.3. The lowest BCUT2D eigenvalue weighted by Crippen LogP contribution is -2.40. The van der Waals surface area contributed by atoms with Crippen LogP contribution in [0.1, 0.15) is 35.9 Å². The number of rotatable bonds is 6. The predicted octanol–water partition coefficient (Wildman–Crippen LogP) is 1.85. The number of aliphatic hydroxyl groups excluding tert-OH is 1. The summed E-state index contributed by atoms with van der Waals surface area (Å²) in [5.74, 6) is 0.377. The van der Waals surface area contributed by atoms with Crippen LogP contribution in [0.2, 0.25) is 5.02 Å². The Labute approximate surface area is 166 Å². The highest BCUT2D eigenvalue weighted by atomic mass is 35.5. The highest BCUT2D eigenvalue weighted by molar-refractivity contribution is 6.30. The third-order valence-corrected chi connectivity index (χ3v) is 4.81. The average molecular weight is 405 g/mol. The van der Waals surface area contributed by atoms with Crippen LogP contribution >= 0.6 is 11.6 Å². The molecule has 0 saturated carbocycles. The van der Waals surface area contributed by atoms with Crippen LogP contribution in [0.4, 0.5) is 0 Å². The summed E-state index contributed by atoms with van der Waals surface area (Å²) in [6, 6.07) is 6.98. The van der Waals surface area contributed by atoms with Crippen molar-refractivity contribution in [2.24, 2.45) is 13.0 Å². The second-order valence-corrected chi connectivity index (χ2v) is 7.32. The van der Waals surface area contributed by atoms with E-state index in [4.69, 9.17) is 16.1 Å². The van der Waals surface area contributed by atoms with E-state index in [0.29, 0.717) is 22.8 Å². The maximum absolute atomic E-state index is 12.2. The second kappa shape index (κ2) is 8.12. The summed E-state index contributed by atoms with van der Waals surface area (Å²) in [5.41, 5.74) is 0.341. The number of hydrogen-bond donors (Lipinski definition) is 1. The molecule has 0 amide bonds. The maximum Gasteiger partial charge on any atom is 0.331 e. The minimum absolute atomic E-state index is 0.103. The number of halogens is 1. The summed E-state index contributed by atoms with van der Waals surface area (Å²) >= 11 is 5.87. The summed E-state index contributed by atoms with van der Waals surface area (Å²) < 4.78 is 7.58. The summed E-state index contributed by atoms with van der Waals surface area (Å²) in [4.78, 5) is 28.7. The maximum atomic E-state index is 12.2. The Morgan fingerprint density at radius 2 is 1.93 bits per heavy atom. The fourth-order valence-corrected chi connectivity index (χ4v) is 3.12. The Hall–Kier alpha value is -2.71. The van der Waals surface area contributed by atoms with Gasteiger partial charge in [0.25, 0.3) is 5.56 Å². The van der Waals surface area contributed by atoms with Crippen LogP contribution in [0.3, 0.4) is 0 Å². The predicted molar refractivity (Wildman–Crippen MR) is 103 cm³/mol. The summed E-state index contributed by atoms with van der Waals surface area (Å²) in [5, 5.41) is 15.0. The van der Waals surface area contributed by atoms with Crippen LogP contribution in [0.5, 0.6) is 0 Å². The molecule has 28 heavy (non-hydrogen) atoms. The van der Waals surface area contributed by atoms with Crippen molar-refractivity contribution in [1.82, 2.24) is 19.3 Å². The molecule has 0 radical (unpaired) electrons. The van der Waals surface area contributed by atoms with Gasteiger partial charge in [-0.05, 0) is 30.5 Å². The second-order valence-electron chi connectivity index (χ2n) is 6.88. The van der Waals surface area contributed by atoms with Crippen molar-refractivity contribution in [3.05, 3.63) is 79.2 Å². The van der Waals surface area contributed by atoms with Gasteiger partial charge in [-0.3, -0.25) is 9.36 Å². The minimum atomic E-state index is -0.717. The van der Waals surface area contributed by atoms with Crippen LogP contribution in [0, 0.1) is 12.8 Å². The first-order valence-electron chi connectivity index (χ1n) is 8.78. The van der Waals surface area contributed by atoms with Crippen molar-refractivity contribution >= 4 is 11.6 Å². The molecular weight excluding hydrogens is 384 g/mol. The van der Waals surface area contributed by atoms with Gasteiger partial charge < -0.3 is 14.2 Å². The highest BCUT2D eigenvalue weighted by Gasteiger charge is 2.20. The van der Waals surface area contributed by atoms with Crippen molar-refractivity contribution < 1.29 is 9.63 Å². The van der Waals surface area contributed by atoms with E-state index in [2.05, 4.69) is 10.1 Å². The molecule has 2 aromatic heterocycles. The molecule has 8 nitrogen and oxygen atoms in total. The molecule has 148 valence electrons. The van der Waals surface area contributed by atoms with Crippen LogP contribution in [-0.4, -0.2) is 24.4 Å². The van der Waals surface area contributed by atoms with E-state index >= 15 is 0 Å². The number of hydrogen-bond acceptors (Lipinski definition) is 6. The molecular formula is C19H21ClN4O4. The largest absolute Gasteiger partial charge is 0.388 e. The molecule has 0 aliphatic heterocycles. The Morgan fingerprint density at radius 3 is 2.61 bits per heavy atom. The topological polar surface area (TPSA) is 103 Å². The van der Waals surface area contributed by atoms with Gasteiger partial charge in [0.2, 0.25) is 5.89 Å². The number of nitrogens with zero attached hydrogens (tertiary/aromatic N) is 4. The molecule has 0 spiro atoms. The molecule has 2 atom stereocenters. The number of aryl methyl sites for hydroxylation is 2. The van der Waals surface area contributed by atoms with E-state index in [0.717, 1.165) is 10.1 Å². The Kier molecular flexibility index (Phi) is 5.81. The van der Waals surface area contributed by atoms with Crippen LogP contribution in [0.15, 0.2) is 44.6 Å². The van der Waals surface area contributed by atoms with Crippen LogP contribution < -0.4 is 11.2 Å². The summed E-state index contributed by atoms with van der Waals surface area (Å²) in [6.07, 6.45) is 1.14. The van der Waals surface area contributed by atoms with Crippen LogP contribution in [0.25, 0.3) is 0 Å². The van der Waals surface area contributed by atoms with Gasteiger partial charge in [0, 0.05) is 30.3 Å². The molecule has 3 aromatic rings. The average Bonchev–Trinajstić information content (AvgIpc) is 3.10. The highest BCUT2D eigenvalue weighted by Crippen LogP contribution is 2.25. The third-order valence-electron chi connectivity index (χ3n) is 4.56. The monoisotopic (exact) mass is 404 g/mol. The van der Waals surface area contributed by atoms with Gasteiger partial charge in [0.1, 0.15) is 6.54 Å². The molecule has 2 heterocycles. The molecule has 1 aromatic carbocycles. The lowest BCUT2D eigenvalue weighted by atomic mass is 9.94. The zero-order valence-electron chi connectivity index (χ0n) is 15.8. The van der Waals surface area contributed by atoms with Gasteiger partial charge in [-0.25, -0.2) is 4.79 Å². The number of benzene rings is 1. The molecule has 1 N–H and O–H groups in total. The van der Waals surface area contributed by atoms with E-state index < -0.39 is 17.4 Å². The molecule has 3 rings (SSSR count). The smallest absolute Gasteiger partial charge is 0.331 e. The zero-order chi connectivity index (χ0) is 20.4. The normalized spacial score (nSPS) is 13.5. The van der Waals surface area contributed by atoms with E-state index in [9.17, 15) is 14.7 Å².